The normalized spacial score (nSPS) is 31.6. The minimum atomic E-state index is -3.97. The highest BCUT2D eigenvalue weighted by molar-refractivity contribution is 14.1. The Morgan fingerprint density at radius 3 is 2.64 bits per heavy atom. The highest BCUT2D eigenvalue weighted by atomic mass is 127. The molecule has 6 aliphatic rings. The SMILES string of the molecule is C1CCN2CCNC[C@H]2C1.CI.C[C@@H]1[C@@H](C)C/C=C/C(=O)[C@@H]2CC[C@H]2CN2C[C@@]3(CCCc4cc(Cl)ccc43)COc3ccc(nc32)C(=O)NS1(=O)=O. The van der Waals surface area contributed by atoms with Crippen LogP contribution in [0.25, 0.3) is 0 Å². The van der Waals surface area contributed by atoms with Crippen molar-refractivity contribution in [2.75, 3.05) is 55.7 Å². The van der Waals surface area contributed by atoms with Crippen LogP contribution in [-0.2, 0) is 26.7 Å². The molecule has 10 nitrogen and oxygen atoms in total. The smallest absolute Gasteiger partial charge is 0.283 e. The van der Waals surface area contributed by atoms with Crippen LogP contribution >= 0.6 is 34.2 Å². The number of fused-ring (bicyclic) bond motifs is 5. The summed E-state index contributed by atoms with van der Waals surface area (Å²) in [7, 11) is -3.97. The van der Waals surface area contributed by atoms with Gasteiger partial charge in [0.15, 0.2) is 17.4 Å². The van der Waals surface area contributed by atoms with Crippen molar-refractivity contribution in [1.82, 2.24) is 19.9 Å². The molecule has 2 aromatic rings. The van der Waals surface area contributed by atoms with E-state index in [1.54, 1.807) is 25.1 Å². The lowest BCUT2D eigenvalue weighted by molar-refractivity contribution is -0.122. The molecule has 1 aromatic carbocycles. The number of piperidine rings is 1. The molecular weight excluding hydrogens is 825 g/mol. The number of allylic oxidation sites excluding steroid dienone is 2. The molecule has 2 N–H and O–H groups in total. The van der Waals surface area contributed by atoms with Gasteiger partial charge in [0.05, 0.1) is 11.9 Å². The first-order valence-electron chi connectivity index (χ1n) is 19.3. The highest BCUT2D eigenvalue weighted by Gasteiger charge is 2.45. The number of carbonyl (C=O) groups is 2. The second-order valence-electron chi connectivity index (χ2n) is 15.7. The van der Waals surface area contributed by atoms with Crippen molar-refractivity contribution in [2.45, 2.75) is 88.3 Å². The topological polar surface area (TPSA) is 121 Å². The molecule has 2 aliphatic carbocycles. The fourth-order valence-electron chi connectivity index (χ4n) is 8.92. The minimum absolute atomic E-state index is 0.0146. The highest BCUT2D eigenvalue weighted by Crippen LogP contribution is 2.45. The van der Waals surface area contributed by atoms with Gasteiger partial charge in [-0.15, -0.1) is 0 Å². The van der Waals surface area contributed by atoms with Gasteiger partial charge >= 0.3 is 0 Å². The summed E-state index contributed by atoms with van der Waals surface area (Å²) in [5.41, 5.74) is 2.13. The van der Waals surface area contributed by atoms with Crippen LogP contribution in [0.5, 0.6) is 5.75 Å². The molecule has 1 aromatic heterocycles. The number of aromatic nitrogens is 1. The lowest BCUT2D eigenvalue weighted by Crippen LogP contribution is -2.53. The summed E-state index contributed by atoms with van der Waals surface area (Å²) >= 11 is 8.51. The van der Waals surface area contributed by atoms with Crippen molar-refractivity contribution >= 4 is 61.7 Å². The number of pyridine rings is 1. The van der Waals surface area contributed by atoms with Crippen LogP contribution in [0.3, 0.4) is 0 Å². The fourth-order valence-corrected chi connectivity index (χ4v) is 10.4. The van der Waals surface area contributed by atoms with E-state index in [4.69, 9.17) is 21.3 Å². The molecule has 13 heteroatoms. The Morgan fingerprint density at radius 2 is 1.87 bits per heavy atom. The van der Waals surface area contributed by atoms with Crippen LogP contribution in [0.2, 0.25) is 5.02 Å². The number of halogens is 2. The summed E-state index contributed by atoms with van der Waals surface area (Å²) in [6, 6.07) is 10.2. The van der Waals surface area contributed by atoms with Gasteiger partial charge in [-0.1, -0.05) is 59.7 Å². The molecule has 3 fully saturated rings. The number of amides is 1. The second kappa shape index (κ2) is 17.7. The van der Waals surface area contributed by atoms with Crippen molar-refractivity contribution in [3.05, 3.63) is 64.3 Å². The van der Waals surface area contributed by atoms with Crippen LogP contribution in [0.15, 0.2) is 42.5 Å². The van der Waals surface area contributed by atoms with Gasteiger partial charge in [-0.3, -0.25) is 14.5 Å². The number of rotatable bonds is 0. The van der Waals surface area contributed by atoms with Gasteiger partial charge in [0.1, 0.15) is 5.69 Å². The molecule has 53 heavy (non-hydrogen) atoms. The Balaban J connectivity index is 0.000000340. The molecule has 0 unspecified atom stereocenters. The van der Waals surface area contributed by atoms with Crippen molar-refractivity contribution in [3.8, 4) is 5.75 Å². The molecule has 1 saturated carbocycles. The van der Waals surface area contributed by atoms with E-state index in [0.29, 0.717) is 42.7 Å². The third-order valence-electron chi connectivity index (χ3n) is 12.4. The first kappa shape index (κ1) is 40.4. The van der Waals surface area contributed by atoms with Gasteiger partial charge in [-0.25, -0.2) is 18.1 Å². The lowest BCUT2D eigenvalue weighted by atomic mass is 9.69. The van der Waals surface area contributed by atoms with Crippen LogP contribution in [0.4, 0.5) is 5.82 Å². The first-order valence-corrected chi connectivity index (χ1v) is 23.4. The van der Waals surface area contributed by atoms with Gasteiger partial charge in [0.25, 0.3) is 5.91 Å². The number of piperazine rings is 1. The molecule has 4 aliphatic heterocycles. The summed E-state index contributed by atoms with van der Waals surface area (Å²) in [4.78, 5) is 37.9. The molecule has 5 heterocycles. The molecule has 2 saturated heterocycles. The summed E-state index contributed by atoms with van der Waals surface area (Å²) in [6.45, 7) is 10.1. The maximum Gasteiger partial charge on any atom is 0.283 e. The van der Waals surface area contributed by atoms with Crippen LogP contribution in [0, 0.1) is 17.8 Å². The Kier molecular flexibility index (Phi) is 13.5. The van der Waals surface area contributed by atoms with Crippen LogP contribution in [-0.4, -0.2) is 92.1 Å². The number of hydrogen-bond acceptors (Lipinski definition) is 9. The number of alkyl halides is 1. The summed E-state index contributed by atoms with van der Waals surface area (Å²) in [5, 5.41) is 3.32. The van der Waals surface area contributed by atoms with E-state index in [0.717, 1.165) is 38.1 Å². The van der Waals surface area contributed by atoms with Crippen molar-refractivity contribution in [2.24, 2.45) is 17.8 Å². The standard InChI is InChI=1S/C31H36ClN3O5S.C8H16N2.CH3I/c1-19-5-3-7-27(36)24-10-8-22(24)16-35-17-31(14-4-6-21-15-23(32)9-11-25(21)31)18-40-28-13-12-26(33-29(28)35)30(37)34-41(38,39)20(19)2;1-2-5-10-6-4-9-7-8(10)3-1;1-2/h3,7,9,11-13,15,19-20,22,24H,4-6,8,10,14,16-18H2,1-2H3,(H,34,37);8-9H,1-7H2;1H3/b7-3+;;/t19-,20+,22-,24+,31-;8-;/m01./s1. The van der Waals surface area contributed by atoms with E-state index in [-0.39, 0.29) is 34.6 Å². The Labute approximate surface area is 334 Å². The van der Waals surface area contributed by atoms with Gasteiger partial charge < -0.3 is 15.0 Å². The second-order valence-corrected chi connectivity index (χ2v) is 18.1. The van der Waals surface area contributed by atoms with E-state index < -0.39 is 21.2 Å². The molecule has 1 amide bonds. The number of hydrogen-bond donors (Lipinski definition) is 2. The zero-order valence-electron chi connectivity index (χ0n) is 31.3. The maximum atomic E-state index is 13.2. The van der Waals surface area contributed by atoms with Crippen molar-refractivity contribution < 1.29 is 22.7 Å². The number of carbonyl (C=O) groups excluding carboxylic acids is 2. The maximum absolute atomic E-state index is 13.2. The largest absolute Gasteiger partial charge is 0.489 e. The summed E-state index contributed by atoms with van der Waals surface area (Å²) < 4.78 is 34.8. The number of sulfonamides is 1. The van der Waals surface area contributed by atoms with E-state index in [1.807, 2.05) is 24.0 Å². The number of nitrogens with zero attached hydrogens (tertiary/aromatic N) is 3. The van der Waals surface area contributed by atoms with E-state index in [2.05, 4.69) is 48.5 Å². The average molecular weight is 880 g/mol. The monoisotopic (exact) mass is 879 g/mol. The van der Waals surface area contributed by atoms with Gasteiger partial charge in [0, 0.05) is 55.1 Å². The van der Waals surface area contributed by atoms with Gasteiger partial charge in [-0.05, 0) is 123 Å². The molecule has 6 atom stereocenters. The quantitative estimate of drug-likeness (QED) is 0.231. The Bertz CT molecular complexity index is 1750. The van der Waals surface area contributed by atoms with Gasteiger partial charge in [-0.2, -0.15) is 0 Å². The minimum Gasteiger partial charge on any atom is -0.489 e. The lowest BCUT2D eigenvalue weighted by Gasteiger charge is -2.43. The fraction of sp³-hybridized carbons (Fsp3) is 0.625. The molecule has 290 valence electrons. The average Bonchev–Trinajstić information content (AvgIpc) is 3.30. The van der Waals surface area contributed by atoms with Crippen LogP contribution in [0.1, 0.15) is 86.8 Å². The predicted octanol–water partition coefficient (Wildman–Crippen LogP) is 6.34. The zero-order valence-corrected chi connectivity index (χ0v) is 35.0. The van der Waals surface area contributed by atoms with E-state index in [1.165, 1.54) is 62.6 Å². The summed E-state index contributed by atoms with van der Waals surface area (Å²) in [5.74, 6) is 0.147. The molecular formula is C40H55ClIN5O5S. The first-order chi connectivity index (χ1) is 25.5. The van der Waals surface area contributed by atoms with Gasteiger partial charge in [0.2, 0.25) is 10.0 Å². The predicted molar refractivity (Wildman–Crippen MR) is 220 cm³/mol. The number of benzene rings is 1. The molecule has 1 spiro atoms. The molecule has 8 rings (SSSR count). The summed E-state index contributed by atoms with van der Waals surface area (Å²) in [6.07, 6.45) is 12.7. The number of nitrogens with one attached hydrogen (secondary N) is 2. The van der Waals surface area contributed by atoms with Crippen LogP contribution < -0.4 is 19.7 Å². The number of anilines is 1. The van der Waals surface area contributed by atoms with E-state index in [9.17, 15) is 18.0 Å². The molecule has 2 bridgehead atoms. The zero-order chi connectivity index (χ0) is 37.8. The Hall–Kier alpha value is -2.26. The van der Waals surface area contributed by atoms with Crippen molar-refractivity contribution in [3.63, 3.8) is 0 Å². The number of ether oxygens (including phenoxy) is 1. The number of ketones is 1. The van der Waals surface area contributed by atoms with Crippen molar-refractivity contribution in [1.29, 1.82) is 0 Å². The third-order valence-corrected chi connectivity index (χ3v) is 14.5. The van der Waals surface area contributed by atoms with E-state index >= 15 is 0 Å². The number of aryl methyl sites for hydroxylation is 1. The molecule has 0 radical (unpaired) electrons. The third kappa shape index (κ3) is 9.08. The Morgan fingerprint density at radius 1 is 1.04 bits per heavy atom.